The quantitative estimate of drug-likeness (QED) is 0.843. The summed E-state index contributed by atoms with van der Waals surface area (Å²) < 4.78 is 13.5. The Kier molecular flexibility index (Phi) is 4.16. The standard InChI is InChI=1S/C15H22FN/c1-11(2)13-7-12(8-14(16)10-13)9-15-5-3-4-6-17-15/h7-8,10-11,15,17H,3-6,9H2,1-2H3. The number of rotatable bonds is 3. The maximum atomic E-state index is 13.5. The molecule has 94 valence electrons. The van der Waals surface area contributed by atoms with E-state index in [2.05, 4.69) is 25.2 Å². The van der Waals surface area contributed by atoms with Crippen LogP contribution in [0.3, 0.4) is 0 Å². The maximum Gasteiger partial charge on any atom is 0.123 e. The molecule has 0 aliphatic carbocycles. The van der Waals surface area contributed by atoms with Gasteiger partial charge in [-0.2, -0.15) is 0 Å². The highest BCUT2D eigenvalue weighted by Gasteiger charge is 2.14. The molecule has 1 aliphatic rings. The van der Waals surface area contributed by atoms with Crippen LogP contribution in [0.4, 0.5) is 4.39 Å². The van der Waals surface area contributed by atoms with Crippen LogP contribution in [-0.4, -0.2) is 12.6 Å². The van der Waals surface area contributed by atoms with Gasteiger partial charge in [-0.1, -0.05) is 26.3 Å². The normalized spacial score (nSPS) is 20.8. The van der Waals surface area contributed by atoms with Crippen molar-refractivity contribution in [3.8, 4) is 0 Å². The van der Waals surface area contributed by atoms with Crippen LogP contribution in [0.25, 0.3) is 0 Å². The molecule has 1 saturated heterocycles. The fraction of sp³-hybridized carbons (Fsp3) is 0.600. The lowest BCUT2D eigenvalue weighted by Gasteiger charge is -2.23. The van der Waals surface area contributed by atoms with E-state index in [0.29, 0.717) is 12.0 Å². The average molecular weight is 235 g/mol. The van der Waals surface area contributed by atoms with Gasteiger partial charge in [0, 0.05) is 6.04 Å². The first kappa shape index (κ1) is 12.6. The zero-order valence-electron chi connectivity index (χ0n) is 10.8. The number of piperidine rings is 1. The van der Waals surface area contributed by atoms with Crippen LogP contribution in [0.5, 0.6) is 0 Å². The molecule has 0 radical (unpaired) electrons. The third-order valence-electron chi connectivity index (χ3n) is 3.54. The van der Waals surface area contributed by atoms with Gasteiger partial charge in [-0.15, -0.1) is 0 Å². The number of nitrogens with one attached hydrogen (secondary N) is 1. The number of hydrogen-bond acceptors (Lipinski definition) is 1. The van der Waals surface area contributed by atoms with Gasteiger partial charge in [-0.05, 0) is 55.0 Å². The molecular formula is C15H22FN. The van der Waals surface area contributed by atoms with Crippen molar-refractivity contribution in [3.05, 3.63) is 35.1 Å². The van der Waals surface area contributed by atoms with Crippen LogP contribution in [0.2, 0.25) is 0 Å². The molecule has 0 spiro atoms. The highest BCUT2D eigenvalue weighted by atomic mass is 19.1. The van der Waals surface area contributed by atoms with E-state index in [9.17, 15) is 4.39 Å². The van der Waals surface area contributed by atoms with Gasteiger partial charge in [0.05, 0.1) is 0 Å². The largest absolute Gasteiger partial charge is 0.314 e. The van der Waals surface area contributed by atoms with Crippen molar-refractivity contribution in [1.29, 1.82) is 0 Å². The van der Waals surface area contributed by atoms with E-state index >= 15 is 0 Å². The molecule has 0 aromatic heterocycles. The van der Waals surface area contributed by atoms with Gasteiger partial charge >= 0.3 is 0 Å². The monoisotopic (exact) mass is 235 g/mol. The summed E-state index contributed by atoms with van der Waals surface area (Å²) >= 11 is 0. The van der Waals surface area contributed by atoms with Crippen LogP contribution in [0.15, 0.2) is 18.2 Å². The lowest BCUT2D eigenvalue weighted by atomic mass is 9.94. The molecule has 1 aromatic carbocycles. The summed E-state index contributed by atoms with van der Waals surface area (Å²) in [5.74, 6) is 0.297. The number of hydrogen-bond donors (Lipinski definition) is 1. The van der Waals surface area contributed by atoms with Crippen LogP contribution < -0.4 is 5.32 Å². The first-order chi connectivity index (χ1) is 8.15. The van der Waals surface area contributed by atoms with Gasteiger partial charge in [-0.25, -0.2) is 4.39 Å². The Balaban J connectivity index is 2.09. The van der Waals surface area contributed by atoms with Crippen molar-refractivity contribution in [3.63, 3.8) is 0 Å². The molecule has 2 rings (SSSR count). The van der Waals surface area contributed by atoms with Crippen molar-refractivity contribution >= 4 is 0 Å². The van der Waals surface area contributed by atoms with Gasteiger partial charge in [0.25, 0.3) is 0 Å². The van der Waals surface area contributed by atoms with Crippen molar-refractivity contribution < 1.29 is 4.39 Å². The molecular weight excluding hydrogens is 213 g/mol. The van der Waals surface area contributed by atoms with Gasteiger partial charge in [0.15, 0.2) is 0 Å². The molecule has 0 saturated carbocycles. The highest BCUT2D eigenvalue weighted by Crippen LogP contribution is 2.20. The molecule has 2 heteroatoms. The van der Waals surface area contributed by atoms with Gasteiger partial charge in [0.1, 0.15) is 5.82 Å². The van der Waals surface area contributed by atoms with Crippen molar-refractivity contribution in [1.82, 2.24) is 5.32 Å². The Morgan fingerprint density at radius 1 is 1.29 bits per heavy atom. The minimum atomic E-state index is -0.0954. The maximum absolute atomic E-state index is 13.5. The smallest absolute Gasteiger partial charge is 0.123 e. The van der Waals surface area contributed by atoms with Gasteiger partial charge in [-0.3, -0.25) is 0 Å². The summed E-state index contributed by atoms with van der Waals surface area (Å²) in [4.78, 5) is 0. The average Bonchev–Trinajstić information content (AvgIpc) is 2.29. The molecule has 1 unspecified atom stereocenters. The summed E-state index contributed by atoms with van der Waals surface area (Å²) in [7, 11) is 0. The van der Waals surface area contributed by atoms with E-state index in [1.54, 1.807) is 12.1 Å². The first-order valence-electron chi connectivity index (χ1n) is 6.68. The lowest BCUT2D eigenvalue weighted by molar-refractivity contribution is 0.399. The van der Waals surface area contributed by atoms with Crippen molar-refractivity contribution in [2.75, 3.05) is 6.54 Å². The van der Waals surface area contributed by atoms with Crippen molar-refractivity contribution in [2.45, 2.75) is 51.5 Å². The van der Waals surface area contributed by atoms with E-state index < -0.39 is 0 Å². The van der Waals surface area contributed by atoms with Gasteiger partial charge < -0.3 is 5.32 Å². The zero-order chi connectivity index (χ0) is 12.3. The Morgan fingerprint density at radius 2 is 2.12 bits per heavy atom. The van der Waals surface area contributed by atoms with Crippen LogP contribution in [-0.2, 0) is 6.42 Å². The second-order valence-electron chi connectivity index (χ2n) is 5.40. The summed E-state index contributed by atoms with van der Waals surface area (Å²) in [6.07, 6.45) is 4.74. The van der Waals surface area contributed by atoms with E-state index in [1.165, 1.54) is 19.3 Å². The van der Waals surface area contributed by atoms with Crippen LogP contribution in [0, 0.1) is 5.82 Å². The topological polar surface area (TPSA) is 12.0 Å². The van der Waals surface area contributed by atoms with Crippen molar-refractivity contribution in [2.24, 2.45) is 0 Å². The molecule has 1 nitrogen and oxygen atoms in total. The summed E-state index contributed by atoms with van der Waals surface area (Å²) in [6, 6.07) is 6.03. The zero-order valence-corrected chi connectivity index (χ0v) is 10.8. The minimum Gasteiger partial charge on any atom is -0.314 e. The second-order valence-corrected chi connectivity index (χ2v) is 5.40. The van der Waals surface area contributed by atoms with Crippen LogP contribution >= 0.6 is 0 Å². The molecule has 1 atom stereocenters. The fourth-order valence-corrected chi connectivity index (χ4v) is 2.51. The highest BCUT2D eigenvalue weighted by molar-refractivity contribution is 5.27. The Morgan fingerprint density at radius 3 is 2.76 bits per heavy atom. The SMILES string of the molecule is CC(C)c1cc(F)cc(CC2CCCCN2)c1. The molecule has 0 bridgehead atoms. The molecule has 1 aromatic rings. The molecule has 1 N–H and O–H groups in total. The molecule has 1 fully saturated rings. The summed E-state index contributed by atoms with van der Waals surface area (Å²) in [5.41, 5.74) is 2.24. The molecule has 1 heterocycles. The Labute approximate surface area is 103 Å². The fourth-order valence-electron chi connectivity index (χ4n) is 2.51. The Hall–Kier alpha value is -0.890. The predicted molar refractivity (Wildman–Crippen MR) is 69.8 cm³/mol. The third-order valence-corrected chi connectivity index (χ3v) is 3.54. The van der Waals surface area contributed by atoms with E-state index in [0.717, 1.165) is 24.1 Å². The van der Waals surface area contributed by atoms with E-state index in [4.69, 9.17) is 0 Å². The third kappa shape index (κ3) is 3.53. The summed E-state index contributed by atoms with van der Waals surface area (Å²) in [5, 5.41) is 3.51. The Bertz CT molecular complexity index is 367. The second kappa shape index (κ2) is 5.63. The van der Waals surface area contributed by atoms with E-state index in [1.807, 2.05) is 0 Å². The molecule has 17 heavy (non-hydrogen) atoms. The summed E-state index contributed by atoms with van der Waals surface area (Å²) in [6.45, 7) is 5.33. The molecule has 1 aliphatic heterocycles. The lowest BCUT2D eigenvalue weighted by Crippen LogP contribution is -2.35. The predicted octanol–water partition coefficient (Wildman–Crippen LogP) is 3.63. The minimum absolute atomic E-state index is 0.0954. The molecule has 0 amide bonds. The van der Waals surface area contributed by atoms with Crippen LogP contribution in [0.1, 0.15) is 50.2 Å². The first-order valence-corrected chi connectivity index (χ1v) is 6.68. The van der Waals surface area contributed by atoms with Gasteiger partial charge in [0.2, 0.25) is 0 Å². The van der Waals surface area contributed by atoms with E-state index in [-0.39, 0.29) is 5.82 Å². The number of halogens is 1. The number of benzene rings is 1.